The van der Waals surface area contributed by atoms with Crippen molar-refractivity contribution in [2.45, 2.75) is 0 Å². The van der Waals surface area contributed by atoms with Crippen LogP contribution in [0.15, 0.2) is 79.3 Å². The Hall–Kier alpha value is -4.00. The van der Waals surface area contributed by atoms with E-state index in [4.69, 9.17) is 4.74 Å². The number of amides is 1. The van der Waals surface area contributed by atoms with Crippen molar-refractivity contribution in [3.63, 3.8) is 0 Å². The summed E-state index contributed by atoms with van der Waals surface area (Å²) >= 11 is 0. The van der Waals surface area contributed by atoms with Crippen molar-refractivity contribution < 1.29 is 9.53 Å². The number of H-pyrrole nitrogens is 1. The molecule has 2 N–H and O–H groups in total. The van der Waals surface area contributed by atoms with E-state index in [-0.39, 0.29) is 5.91 Å². The van der Waals surface area contributed by atoms with Gasteiger partial charge in [0.15, 0.2) is 5.82 Å². The Bertz CT molecular complexity index is 1030. The number of nitrogens with zero attached hydrogens (tertiary/aromatic N) is 3. The van der Waals surface area contributed by atoms with Crippen LogP contribution in [0.3, 0.4) is 0 Å². The van der Waals surface area contributed by atoms with Crippen LogP contribution >= 0.6 is 0 Å². The van der Waals surface area contributed by atoms with Crippen molar-refractivity contribution in [1.82, 2.24) is 19.9 Å². The summed E-state index contributed by atoms with van der Waals surface area (Å²) in [5.74, 6) is 1.85. The zero-order valence-electron chi connectivity index (χ0n) is 14.2. The molecule has 27 heavy (non-hydrogen) atoms. The number of aromatic amines is 1. The first-order valence-corrected chi connectivity index (χ1v) is 8.25. The van der Waals surface area contributed by atoms with E-state index < -0.39 is 0 Å². The van der Waals surface area contributed by atoms with Crippen LogP contribution in [0.5, 0.6) is 11.6 Å². The van der Waals surface area contributed by atoms with Gasteiger partial charge in [0.1, 0.15) is 17.3 Å². The minimum absolute atomic E-state index is 0.301. The molecule has 132 valence electrons. The minimum atomic E-state index is -0.301. The molecule has 7 nitrogen and oxygen atoms in total. The fourth-order valence-corrected chi connectivity index (χ4v) is 2.40. The minimum Gasteiger partial charge on any atom is -0.439 e. The average Bonchev–Trinajstić information content (AvgIpc) is 3.18. The summed E-state index contributed by atoms with van der Waals surface area (Å²) in [4.78, 5) is 28.0. The van der Waals surface area contributed by atoms with Gasteiger partial charge in [-0.3, -0.25) is 9.78 Å². The molecule has 0 spiro atoms. The van der Waals surface area contributed by atoms with E-state index in [9.17, 15) is 4.79 Å². The van der Waals surface area contributed by atoms with E-state index >= 15 is 0 Å². The summed E-state index contributed by atoms with van der Waals surface area (Å²) in [5, 5.41) is 2.75. The van der Waals surface area contributed by atoms with Crippen LogP contribution in [0.25, 0.3) is 11.5 Å². The number of carbonyl (C=O) groups excluding carboxylic acids is 1. The molecule has 0 aliphatic rings. The topological polar surface area (TPSA) is 92.8 Å². The van der Waals surface area contributed by atoms with Crippen molar-refractivity contribution in [2.75, 3.05) is 5.32 Å². The van der Waals surface area contributed by atoms with Crippen molar-refractivity contribution in [2.24, 2.45) is 0 Å². The van der Waals surface area contributed by atoms with E-state index in [1.807, 2.05) is 48.5 Å². The normalized spacial score (nSPS) is 10.4. The molecule has 0 bridgehead atoms. The van der Waals surface area contributed by atoms with Gasteiger partial charge in [-0.15, -0.1) is 0 Å². The number of benzene rings is 1. The zero-order valence-corrected chi connectivity index (χ0v) is 14.2. The summed E-state index contributed by atoms with van der Waals surface area (Å²) < 4.78 is 5.62. The highest BCUT2D eigenvalue weighted by Gasteiger charge is 2.10. The van der Waals surface area contributed by atoms with E-state index in [1.54, 1.807) is 24.5 Å². The van der Waals surface area contributed by atoms with Gasteiger partial charge < -0.3 is 15.0 Å². The van der Waals surface area contributed by atoms with Crippen molar-refractivity contribution in [1.29, 1.82) is 0 Å². The molecule has 0 fully saturated rings. The monoisotopic (exact) mass is 357 g/mol. The molecule has 0 atom stereocenters. The first kappa shape index (κ1) is 16.5. The predicted octanol–water partition coefficient (Wildman–Crippen LogP) is 3.91. The average molecular weight is 357 g/mol. The largest absolute Gasteiger partial charge is 0.439 e. The maximum Gasteiger partial charge on any atom is 0.258 e. The summed E-state index contributed by atoms with van der Waals surface area (Å²) in [6.07, 6.45) is 4.69. The number of hydrogen-bond acceptors (Lipinski definition) is 5. The van der Waals surface area contributed by atoms with Gasteiger partial charge in [0.2, 0.25) is 5.88 Å². The summed E-state index contributed by atoms with van der Waals surface area (Å²) in [7, 11) is 0. The maximum atomic E-state index is 12.4. The van der Waals surface area contributed by atoms with Gasteiger partial charge in [-0.1, -0.05) is 24.3 Å². The summed E-state index contributed by atoms with van der Waals surface area (Å²) in [6.45, 7) is 0. The Morgan fingerprint density at radius 2 is 1.74 bits per heavy atom. The molecule has 0 aliphatic carbocycles. The Labute approximate surface area is 155 Å². The lowest BCUT2D eigenvalue weighted by molar-refractivity contribution is 0.102. The van der Waals surface area contributed by atoms with Crippen LogP contribution < -0.4 is 10.1 Å². The Kier molecular flexibility index (Phi) is 4.57. The highest BCUT2D eigenvalue weighted by atomic mass is 16.5. The number of carbonyl (C=O) groups is 1. The highest BCUT2D eigenvalue weighted by molar-refractivity contribution is 6.03. The molecular formula is C20H15N5O2. The number of ether oxygens (including phenoxy) is 1. The molecule has 7 heteroatoms. The quantitative estimate of drug-likeness (QED) is 0.565. The molecule has 1 aromatic carbocycles. The van der Waals surface area contributed by atoms with Crippen LogP contribution in [0.1, 0.15) is 10.4 Å². The third-order valence-corrected chi connectivity index (χ3v) is 3.70. The van der Waals surface area contributed by atoms with Crippen molar-refractivity contribution in [3.05, 3.63) is 84.8 Å². The SMILES string of the molecule is O=C(Nc1cnc(-c2ccccn2)[nH]1)c1ccc(Oc2ccccc2)nc1. The first-order chi connectivity index (χ1) is 13.3. The van der Waals surface area contributed by atoms with Crippen molar-refractivity contribution in [3.8, 4) is 23.1 Å². The van der Waals surface area contributed by atoms with Crippen LogP contribution in [0.4, 0.5) is 5.82 Å². The smallest absolute Gasteiger partial charge is 0.258 e. The fraction of sp³-hybridized carbons (Fsp3) is 0. The number of hydrogen-bond donors (Lipinski definition) is 2. The molecule has 4 aromatic rings. The number of aromatic nitrogens is 4. The first-order valence-electron chi connectivity index (χ1n) is 8.25. The lowest BCUT2D eigenvalue weighted by Gasteiger charge is -2.06. The zero-order chi connectivity index (χ0) is 18.5. The van der Waals surface area contributed by atoms with Gasteiger partial charge in [0.25, 0.3) is 5.91 Å². The van der Waals surface area contributed by atoms with E-state index in [2.05, 4.69) is 25.3 Å². The molecule has 0 saturated heterocycles. The number of imidazole rings is 1. The third kappa shape index (κ3) is 3.98. The van der Waals surface area contributed by atoms with Gasteiger partial charge in [-0.25, -0.2) is 9.97 Å². The second-order valence-electron chi connectivity index (χ2n) is 5.61. The number of nitrogens with one attached hydrogen (secondary N) is 2. The van der Waals surface area contributed by atoms with Gasteiger partial charge in [-0.05, 0) is 30.3 Å². The molecule has 0 aliphatic heterocycles. The Morgan fingerprint density at radius 1 is 0.889 bits per heavy atom. The maximum absolute atomic E-state index is 12.4. The second-order valence-corrected chi connectivity index (χ2v) is 5.61. The fourth-order valence-electron chi connectivity index (χ4n) is 2.40. The number of anilines is 1. The number of pyridine rings is 2. The lowest BCUT2D eigenvalue weighted by Crippen LogP contribution is -2.12. The van der Waals surface area contributed by atoms with Crippen LogP contribution in [0, 0.1) is 0 Å². The molecule has 1 amide bonds. The molecule has 3 heterocycles. The summed E-state index contributed by atoms with van der Waals surface area (Å²) in [6, 6.07) is 18.1. The van der Waals surface area contributed by atoms with Gasteiger partial charge in [0, 0.05) is 18.5 Å². The molecule has 0 radical (unpaired) electrons. The third-order valence-electron chi connectivity index (χ3n) is 3.70. The number of para-hydroxylation sites is 1. The Balaban J connectivity index is 1.42. The molecule has 0 saturated carbocycles. The molecule has 3 aromatic heterocycles. The molecular weight excluding hydrogens is 342 g/mol. The second kappa shape index (κ2) is 7.49. The van der Waals surface area contributed by atoms with Crippen LogP contribution in [-0.2, 0) is 0 Å². The van der Waals surface area contributed by atoms with Crippen LogP contribution in [0.2, 0.25) is 0 Å². The van der Waals surface area contributed by atoms with Gasteiger partial charge >= 0.3 is 0 Å². The highest BCUT2D eigenvalue weighted by Crippen LogP contribution is 2.19. The van der Waals surface area contributed by atoms with E-state index in [0.717, 1.165) is 0 Å². The van der Waals surface area contributed by atoms with Gasteiger partial charge in [0.05, 0.1) is 11.8 Å². The van der Waals surface area contributed by atoms with E-state index in [1.165, 1.54) is 6.20 Å². The lowest BCUT2D eigenvalue weighted by atomic mass is 10.2. The van der Waals surface area contributed by atoms with Gasteiger partial charge in [-0.2, -0.15) is 0 Å². The molecule has 4 rings (SSSR count). The van der Waals surface area contributed by atoms with E-state index in [0.29, 0.717) is 34.5 Å². The number of rotatable bonds is 5. The summed E-state index contributed by atoms with van der Waals surface area (Å²) in [5.41, 5.74) is 1.10. The Morgan fingerprint density at radius 3 is 2.48 bits per heavy atom. The van der Waals surface area contributed by atoms with Crippen molar-refractivity contribution >= 4 is 11.7 Å². The standard InChI is InChI=1S/C20H15N5O2/c26-20(25-17-13-23-19(24-17)16-8-4-5-11-21-16)14-9-10-18(22-12-14)27-15-6-2-1-3-7-15/h1-13H,(H,23,24)(H,25,26). The molecule has 0 unspecified atom stereocenters. The van der Waals surface area contributed by atoms with Crippen LogP contribution in [-0.4, -0.2) is 25.8 Å². The predicted molar refractivity (Wildman–Crippen MR) is 101 cm³/mol.